The normalized spacial score (nSPS) is 20.0. The second-order valence-corrected chi connectivity index (χ2v) is 11.0. The number of piperidine rings is 1. The number of esters is 1. The fraction of sp³-hybridized carbons (Fsp3) is 0.800. The molecule has 0 aliphatic carbocycles. The molecule has 3 N–H and O–H groups in total. The topological polar surface area (TPSA) is 152 Å². The average Bonchev–Trinajstić information content (AvgIpc) is 3.20. The Kier molecular flexibility index (Phi) is 11.0. The minimum atomic E-state index is -1.02. The van der Waals surface area contributed by atoms with Gasteiger partial charge in [0.1, 0.15) is 23.8 Å². The van der Waals surface area contributed by atoms with Crippen molar-refractivity contribution in [3.63, 3.8) is 0 Å². The van der Waals surface area contributed by atoms with Crippen LogP contribution in [0.3, 0.4) is 0 Å². The summed E-state index contributed by atoms with van der Waals surface area (Å²) in [7, 11) is 1.21. The molecule has 12 heteroatoms. The first-order valence-electron chi connectivity index (χ1n) is 12.9. The number of carbonyl (C=O) groups excluding carboxylic acids is 5. The summed E-state index contributed by atoms with van der Waals surface area (Å²) in [5.74, 6) is -1.72. The van der Waals surface area contributed by atoms with Crippen LogP contribution in [0.15, 0.2) is 0 Å². The summed E-state index contributed by atoms with van der Waals surface area (Å²) < 4.78 is 15.7. The van der Waals surface area contributed by atoms with Crippen LogP contribution in [0, 0.1) is 11.8 Å². The SMILES string of the molecule is COC(=O)C(CC1CCNC1=O)NC(=O)C(CC(C)C)NC(=O)OC1CCN(C(=O)OC(C)(C)C)CC1. The Balaban J connectivity index is 1.92. The van der Waals surface area contributed by atoms with Gasteiger partial charge in [0.05, 0.1) is 7.11 Å². The summed E-state index contributed by atoms with van der Waals surface area (Å²) in [6.45, 7) is 10.5. The number of nitrogens with one attached hydrogen (secondary N) is 3. The van der Waals surface area contributed by atoms with Gasteiger partial charge >= 0.3 is 18.2 Å². The van der Waals surface area contributed by atoms with E-state index in [-0.39, 0.29) is 18.2 Å². The third-order valence-corrected chi connectivity index (χ3v) is 6.17. The van der Waals surface area contributed by atoms with E-state index in [9.17, 15) is 24.0 Å². The smallest absolute Gasteiger partial charge is 0.410 e. The number of carbonyl (C=O) groups is 5. The Morgan fingerprint density at radius 3 is 2.22 bits per heavy atom. The van der Waals surface area contributed by atoms with E-state index in [1.165, 1.54) is 7.11 Å². The van der Waals surface area contributed by atoms with Gasteiger partial charge < -0.3 is 35.1 Å². The van der Waals surface area contributed by atoms with E-state index in [1.54, 1.807) is 25.7 Å². The molecule has 3 atom stereocenters. The van der Waals surface area contributed by atoms with E-state index in [1.807, 2.05) is 13.8 Å². The maximum atomic E-state index is 13.1. The second kappa shape index (κ2) is 13.5. The van der Waals surface area contributed by atoms with Gasteiger partial charge in [0, 0.05) is 38.4 Å². The fourth-order valence-electron chi connectivity index (χ4n) is 4.30. The number of likely N-dealkylation sites (tertiary alicyclic amines) is 1. The van der Waals surface area contributed by atoms with Crippen LogP contribution in [-0.4, -0.2) is 85.4 Å². The molecule has 2 fully saturated rings. The lowest BCUT2D eigenvalue weighted by Gasteiger charge is -2.33. The Morgan fingerprint density at radius 2 is 1.70 bits per heavy atom. The van der Waals surface area contributed by atoms with Crippen LogP contribution < -0.4 is 16.0 Å². The summed E-state index contributed by atoms with van der Waals surface area (Å²) in [6.07, 6.45) is 0.318. The molecular weight excluding hydrogens is 484 g/mol. The molecule has 0 radical (unpaired) electrons. The quantitative estimate of drug-likeness (QED) is 0.303. The van der Waals surface area contributed by atoms with Crippen molar-refractivity contribution in [2.75, 3.05) is 26.7 Å². The molecule has 0 aromatic rings. The third kappa shape index (κ3) is 10.1. The van der Waals surface area contributed by atoms with Gasteiger partial charge in [-0.05, 0) is 46.0 Å². The predicted molar refractivity (Wildman–Crippen MR) is 133 cm³/mol. The van der Waals surface area contributed by atoms with Crippen molar-refractivity contribution >= 4 is 30.0 Å². The van der Waals surface area contributed by atoms with Gasteiger partial charge in [-0.3, -0.25) is 9.59 Å². The molecule has 210 valence electrons. The molecule has 2 aliphatic heterocycles. The number of methoxy groups -OCH3 is 1. The van der Waals surface area contributed by atoms with E-state index in [0.717, 1.165) is 0 Å². The molecule has 0 spiro atoms. The first-order valence-corrected chi connectivity index (χ1v) is 12.9. The van der Waals surface area contributed by atoms with Crippen LogP contribution in [0.5, 0.6) is 0 Å². The molecule has 37 heavy (non-hydrogen) atoms. The first kappa shape index (κ1) is 30.2. The van der Waals surface area contributed by atoms with Gasteiger partial charge in [-0.1, -0.05) is 13.8 Å². The minimum Gasteiger partial charge on any atom is -0.467 e. The maximum absolute atomic E-state index is 13.1. The van der Waals surface area contributed by atoms with Crippen molar-refractivity contribution < 1.29 is 38.2 Å². The average molecular weight is 527 g/mol. The summed E-state index contributed by atoms with van der Waals surface area (Å²) in [5.41, 5.74) is -0.591. The van der Waals surface area contributed by atoms with E-state index in [0.29, 0.717) is 45.3 Å². The standard InChI is InChI=1S/C25H42N4O8/c1-15(2)13-18(21(31)27-19(22(32)35-6)14-16-7-10-26-20(16)30)28-23(33)36-17-8-11-29(12-9-17)24(34)37-25(3,4)5/h15-19H,7-14H2,1-6H3,(H,26,30)(H,27,31)(H,28,33). The van der Waals surface area contributed by atoms with Gasteiger partial charge in [-0.15, -0.1) is 0 Å². The van der Waals surface area contributed by atoms with Crippen LogP contribution in [0.1, 0.15) is 66.7 Å². The Hall–Kier alpha value is -3.05. The van der Waals surface area contributed by atoms with Crippen molar-refractivity contribution in [1.29, 1.82) is 0 Å². The largest absolute Gasteiger partial charge is 0.467 e. The highest BCUT2D eigenvalue weighted by atomic mass is 16.6. The molecule has 0 bridgehead atoms. The summed E-state index contributed by atoms with van der Waals surface area (Å²) in [6, 6.07) is -1.96. The molecule has 2 rings (SSSR count). The van der Waals surface area contributed by atoms with Crippen molar-refractivity contribution in [2.24, 2.45) is 11.8 Å². The molecule has 0 saturated carbocycles. The van der Waals surface area contributed by atoms with Crippen LogP contribution in [-0.2, 0) is 28.6 Å². The first-order chi connectivity index (χ1) is 17.3. The van der Waals surface area contributed by atoms with Crippen LogP contribution >= 0.6 is 0 Å². The second-order valence-electron chi connectivity index (χ2n) is 11.0. The van der Waals surface area contributed by atoms with E-state index in [2.05, 4.69) is 16.0 Å². The van der Waals surface area contributed by atoms with Crippen LogP contribution in [0.2, 0.25) is 0 Å². The lowest BCUT2D eigenvalue weighted by molar-refractivity contribution is -0.146. The number of nitrogens with zero attached hydrogens (tertiary/aromatic N) is 1. The zero-order chi connectivity index (χ0) is 27.8. The van der Waals surface area contributed by atoms with E-state index in [4.69, 9.17) is 14.2 Å². The summed E-state index contributed by atoms with van der Waals surface area (Å²) in [5, 5.41) is 7.97. The lowest BCUT2D eigenvalue weighted by Crippen LogP contribution is -2.53. The number of hydrogen-bond acceptors (Lipinski definition) is 8. The highest BCUT2D eigenvalue weighted by Gasteiger charge is 2.34. The van der Waals surface area contributed by atoms with Crippen molar-refractivity contribution in [2.45, 2.75) is 90.5 Å². The number of rotatable bonds is 9. The minimum absolute atomic E-state index is 0.0605. The van der Waals surface area contributed by atoms with Crippen molar-refractivity contribution in [3.05, 3.63) is 0 Å². The lowest BCUT2D eigenvalue weighted by atomic mass is 9.97. The highest BCUT2D eigenvalue weighted by molar-refractivity contribution is 5.90. The molecule has 3 unspecified atom stereocenters. The van der Waals surface area contributed by atoms with Gasteiger partial charge in [0.15, 0.2) is 0 Å². The Morgan fingerprint density at radius 1 is 1.05 bits per heavy atom. The monoisotopic (exact) mass is 526 g/mol. The summed E-state index contributed by atoms with van der Waals surface area (Å²) >= 11 is 0. The number of ether oxygens (including phenoxy) is 3. The van der Waals surface area contributed by atoms with Crippen molar-refractivity contribution in [3.8, 4) is 0 Å². The molecule has 2 heterocycles. The Bertz CT molecular complexity index is 833. The number of amides is 4. The number of alkyl carbamates (subject to hydrolysis) is 1. The zero-order valence-electron chi connectivity index (χ0n) is 22.8. The molecule has 0 aromatic heterocycles. The molecular formula is C25H42N4O8. The van der Waals surface area contributed by atoms with E-state index < -0.39 is 53.8 Å². The number of hydrogen-bond donors (Lipinski definition) is 3. The molecule has 2 aliphatic rings. The molecule has 2 saturated heterocycles. The molecule has 0 aromatic carbocycles. The fourth-order valence-corrected chi connectivity index (χ4v) is 4.30. The van der Waals surface area contributed by atoms with Crippen LogP contribution in [0.4, 0.5) is 9.59 Å². The van der Waals surface area contributed by atoms with Gasteiger partial charge in [0.2, 0.25) is 11.8 Å². The molecule has 4 amide bonds. The van der Waals surface area contributed by atoms with Crippen LogP contribution in [0.25, 0.3) is 0 Å². The highest BCUT2D eigenvalue weighted by Crippen LogP contribution is 2.19. The third-order valence-electron chi connectivity index (χ3n) is 6.17. The maximum Gasteiger partial charge on any atom is 0.410 e. The van der Waals surface area contributed by atoms with Gasteiger partial charge in [-0.2, -0.15) is 0 Å². The molecule has 12 nitrogen and oxygen atoms in total. The van der Waals surface area contributed by atoms with Gasteiger partial charge in [-0.25, -0.2) is 14.4 Å². The van der Waals surface area contributed by atoms with E-state index >= 15 is 0 Å². The Labute approximate surface area is 218 Å². The summed E-state index contributed by atoms with van der Waals surface area (Å²) in [4.78, 5) is 63.8. The predicted octanol–water partition coefficient (Wildman–Crippen LogP) is 1.71. The van der Waals surface area contributed by atoms with Crippen molar-refractivity contribution in [1.82, 2.24) is 20.9 Å². The van der Waals surface area contributed by atoms with Gasteiger partial charge in [0.25, 0.3) is 0 Å². The zero-order valence-corrected chi connectivity index (χ0v) is 22.8.